The first kappa shape index (κ1) is 13.6. The number of hydrogen-bond donors (Lipinski definition) is 1. The van der Waals surface area contributed by atoms with Crippen LogP contribution in [-0.4, -0.2) is 11.9 Å². The van der Waals surface area contributed by atoms with E-state index < -0.39 is 0 Å². The molecule has 0 fully saturated rings. The monoisotopic (exact) mass is 254 g/mol. The number of aryl methyl sites for hydroxylation is 2. The van der Waals surface area contributed by atoms with E-state index in [9.17, 15) is 0 Å². The summed E-state index contributed by atoms with van der Waals surface area (Å²) in [5, 5.41) is 0. The van der Waals surface area contributed by atoms with Gasteiger partial charge in [-0.25, -0.2) is 0 Å². The minimum absolute atomic E-state index is 0.866. The topological polar surface area (TPSA) is 29.3 Å². The molecule has 0 aliphatic rings. The lowest BCUT2D eigenvalue weighted by atomic mass is 10.1. The van der Waals surface area contributed by atoms with Crippen molar-refractivity contribution in [1.82, 2.24) is 4.90 Å². The third-order valence-electron chi connectivity index (χ3n) is 3.36. The number of nitrogen functional groups attached to an aromatic ring is 1. The van der Waals surface area contributed by atoms with E-state index in [-0.39, 0.29) is 0 Å². The highest BCUT2D eigenvalue weighted by molar-refractivity contribution is 5.47. The molecule has 0 unspecified atom stereocenters. The van der Waals surface area contributed by atoms with Crippen LogP contribution in [0.5, 0.6) is 0 Å². The van der Waals surface area contributed by atoms with E-state index in [1.54, 1.807) is 0 Å². The molecule has 0 atom stereocenters. The van der Waals surface area contributed by atoms with E-state index in [0.29, 0.717) is 0 Å². The van der Waals surface area contributed by atoms with E-state index in [1.807, 2.05) is 6.07 Å². The molecule has 0 amide bonds. The number of rotatable bonds is 4. The van der Waals surface area contributed by atoms with Gasteiger partial charge in [0.25, 0.3) is 0 Å². The lowest BCUT2D eigenvalue weighted by molar-refractivity contribution is 0.319. The molecule has 0 saturated carbocycles. The molecule has 0 heterocycles. The SMILES string of the molecule is Cc1ccc(CN(C)Cc2ccc(N)c(C)c2)cc1. The molecule has 0 spiro atoms. The van der Waals surface area contributed by atoms with Gasteiger partial charge in [0.2, 0.25) is 0 Å². The van der Waals surface area contributed by atoms with Crippen molar-refractivity contribution in [3.05, 3.63) is 64.7 Å². The van der Waals surface area contributed by atoms with Crippen LogP contribution in [0.2, 0.25) is 0 Å². The Kier molecular flexibility index (Phi) is 4.23. The average molecular weight is 254 g/mol. The summed E-state index contributed by atoms with van der Waals surface area (Å²) in [6.45, 7) is 6.07. The fraction of sp³-hybridized carbons (Fsp3) is 0.294. The van der Waals surface area contributed by atoms with Crippen LogP contribution in [0.3, 0.4) is 0 Å². The Bertz CT molecular complexity index is 544. The first-order chi connectivity index (χ1) is 9.04. The van der Waals surface area contributed by atoms with Gasteiger partial charge >= 0.3 is 0 Å². The Morgan fingerprint density at radius 3 is 2.11 bits per heavy atom. The molecule has 2 aromatic carbocycles. The van der Waals surface area contributed by atoms with Gasteiger partial charge in [0.15, 0.2) is 0 Å². The molecular formula is C17H22N2. The number of nitrogens with zero attached hydrogens (tertiary/aromatic N) is 1. The zero-order chi connectivity index (χ0) is 13.8. The Labute approximate surface area is 115 Å². The van der Waals surface area contributed by atoms with E-state index in [4.69, 9.17) is 5.73 Å². The van der Waals surface area contributed by atoms with Crippen LogP contribution in [0.25, 0.3) is 0 Å². The maximum Gasteiger partial charge on any atom is 0.0343 e. The molecule has 0 radical (unpaired) electrons. The normalized spacial score (nSPS) is 10.9. The quantitative estimate of drug-likeness (QED) is 0.846. The minimum Gasteiger partial charge on any atom is -0.399 e. The van der Waals surface area contributed by atoms with Crippen LogP contribution >= 0.6 is 0 Å². The number of nitrogens with two attached hydrogens (primary N) is 1. The maximum absolute atomic E-state index is 5.84. The second kappa shape index (κ2) is 5.89. The zero-order valence-corrected chi connectivity index (χ0v) is 12.0. The summed E-state index contributed by atoms with van der Waals surface area (Å²) in [6, 6.07) is 15.0. The van der Waals surface area contributed by atoms with Gasteiger partial charge in [0, 0.05) is 18.8 Å². The molecule has 0 aliphatic heterocycles. The van der Waals surface area contributed by atoms with Crippen LogP contribution < -0.4 is 5.73 Å². The third-order valence-corrected chi connectivity index (χ3v) is 3.36. The summed E-state index contributed by atoms with van der Waals surface area (Å²) in [5.74, 6) is 0. The lowest BCUT2D eigenvalue weighted by Crippen LogP contribution is -2.17. The number of hydrogen-bond acceptors (Lipinski definition) is 2. The molecule has 2 aromatic rings. The van der Waals surface area contributed by atoms with Gasteiger partial charge in [0.05, 0.1) is 0 Å². The first-order valence-corrected chi connectivity index (χ1v) is 6.63. The molecule has 0 saturated heterocycles. The highest BCUT2D eigenvalue weighted by atomic mass is 15.1. The van der Waals surface area contributed by atoms with Crippen molar-refractivity contribution in [2.24, 2.45) is 0 Å². The smallest absolute Gasteiger partial charge is 0.0343 e. The average Bonchev–Trinajstić information content (AvgIpc) is 2.37. The fourth-order valence-electron chi connectivity index (χ4n) is 2.21. The van der Waals surface area contributed by atoms with Crippen LogP contribution in [0.15, 0.2) is 42.5 Å². The molecule has 2 nitrogen and oxygen atoms in total. The number of benzene rings is 2. The van der Waals surface area contributed by atoms with Gasteiger partial charge in [-0.05, 0) is 43.7 Å². The predicted molar refractivity (Wildman–Crippen MR) is 81.9 cm³/mol. The van der Waals surface area contributed by atoms with Crippen molar-refractivity contribution in [2.45, 2.75) is 26.9 Å². The second-order valence-electron chi connectivity index (χ2n) is 5.35. The predicted octanol–water partition coefficient (Wildman–Crippen LogP) is 3.52. The van der Waals surface area contributed by atoms with Crippen molar-refractivity contribution >= 4 is 5.69 Å². The molecule has 0 aliphatic carbocycles. The molecule has 2 N–H and O–H groups in total. The minimum atomic E-state index is 0.866. The largest absolute Gasteiger partial charge is 0.399 e. The molecule has 2 heteroatoms. The van der Waals surface area contributed by atoms with Crippen molar-refractivity contribution in [2.75, 3.05) is 12.8 Å². The third kappa shape index (κ3) is 3.83. The van der Waals surface area contributed by atoms with E-state index in [1.165, 1.54) is 16.7 Å². The van der Waals surface area contributed by atoms with Gasteiger partial charge in [-0.15, -0.1) is 0 Å². The summed E-state index contributed by atoms with van der Waals surface area (Å²) in [4.78, 5) is 2.32. The van der Waals surface area contributed by atoms with Crippen molar-refractivity contribution < 1.29 is 0 Å². The van der Waals surface area contributed by atoms with Crippen molar-refractivity contribution in [3.8, 4) is 0 Å². The second-order valence-corrected chi connectivity index (χ2v) is 5.35. The molecule has 0 aromatic heterocycles. The van der Waals surface area contributed by atoms with Gasteiger partial charge < -0.3 is 5.73 Å². The summed E-state index contributed by atoms with van der Waals surface area (Å²) < 4.78 is 0. The first-order valence-electron chi connectivity index (χ1n) is 6.63. The van der Waals surface area contributed by atoms with E-state index in [2.05, 4.69) is 62.2 Å². The molecule has 0 bridgehead atoms. The lowest BCUT2D eigenvalue weighted by Gasteiger charge is -2.17. The Hall–Kier alpha value is -1.80. The van der Waals surface area contributed by atoms with Crippen molar-refractivity contribution in [3.63, 3.8) is 0 Å². The summed E-state index contributed by atoms with van der Waals surface area (Å²) in [6.07, 6.45) is 0. The van der Waals surface area contributed by atoms with Crippen LogP contribution in [0.1, 0.15) is 22.3 Å². The highest BCUT2D eigenvalue weighted by Gasteiger charge is 2.03. The summed E-state index contributed by atoms with van der Waals surface area (Å²) >= 11 is 0. The van der Waals surface area contributed by atoms with Gasteiger partial charge in [-0.1, -0.05) is 42.0 Å². The highest BCUT2D eigenvalue weighted by Crippen LogP contribution is 2.15. The van der Waals surface area contributed by atoms with Crippen molar-refractivity contribution in [1.29, 1.82) is 0 Å². The van der Waals surface area contributed by atoms with Gasteiger partial charge in [0.1, 0.15) is 0 Å². The van der Waals surface area contributed by atoms with E-state index >= 15 is 0 Å². The number of anilines is 1. The Morgan fingerprint density at radius 1 is 0.895 bits per heavy atom. The fourth-order valence-corrected chi connectivity index (χ4v) is 2.21. The molecule has 2 rings (SSSR count). The Balaban J connectivity index is 1.98. The maximum atomic E-state index is 5.84. The zero-order valence-electron chi connectivity index (χ0n) is 12.0. The van der Waals surface area contributed by atoms with Crippen LogP contribution in [0, 0.1) is 13.8 Å². The molecule has 100 valence electrons. The van der Waals surface area contributed by atoms with E-state index in [0.717, 1.165) is 24.3 Å². The van der Waals surface area contributed by atoms with Gasteiger partial charge in [-0.3, -0.25) is 4.90 Å². The molecular weight excluding hydrogens is 232 g/mol. The molecule has 19 heavy (non-hydrogen) atoms. The summed E-state index contributed by atoms with van der Waals surface area (Å²) in [7, 11) is 2.14. The van der Waals surface area contributed by atoms with Crippen LogP contribution in [0.4, 0.5) is 5.69 Å². The Morgan fingerprint density at radius 2 is 1.47 bits per heavy atom. The standard InChI is InChI=1S/C17H22N2/c1-13-4-6-15(7-5-13)11-19(3)12-16-8-9-17(18)14(2)10-16/h4-10H,11-12,18H2,1-3H3. The van der Waals surface area contributed by atoms with Gasteiger partial charge in [-0.2, -0.15) is 0 Å². The summed E-state index contributed by atoms with van der Waals surface area (Å²) in [5.41, 5.74) is 11.8. The van der Waals surface area contributed by atoms with Crippen LogP contribution in [-0.2, 0) is 13.1 Å².